The molecular weight excluding hydrogens is 264 g/mol. The average Bonchev–Trinajstić information content (AvgIpc) is 2.98. The van der Waals surface area contributed by atoms with Crippen molar-refractivity contribution < 1.29 is 0 Å². The zero-order valence-electron chi connectivity index (χ0n) is 11.4. The van der Waals surface area contributed by atoms with Crippen LogP contribution in [0.15, 0.2) is 6.33 Å². The number of halogens is 1. The zero-order chi connectivity index (χ0) is 13.8. The second-order valence-electron chi connectivity index (χ2n) is 4.56. The van der Waals surface area contributed by atoms with Crippen LogP contribution in [0.4, 0.5) is 0 Å². The van der Waals surface area contributed by atoms with Gasteiger partial charge in [0.05, 0.1) is 11.7 Å². The predicted octanol–water partition coefficient (Wildman–Crippen LogP) is 1.78. The number of hydrogen-bond donors (Lipinski definition) is 2. The highest BCUT2D eigenvalue weighted by Gasteiger charge is 2.20. The summed E-state index contributed by atoms with van der Waals surface area (Å²) >= 11 is 6.28. The molecule has 2 N–H and O–H groups in total. The Morgan fingerprint density at radius 2 is 2.32 bits per heavy atom. The van der Waals surface area contributed by atoms with Crippen LogP contribution in [-0.2, 0) is 13.5 Å². The molecule has 0 saturated heterocycles. The molecule has 6 nitrogen and oxygen atoms in total. The van der Waals surface area contributed by atoms with Crippen LogP contribution in [0, 0.1) is 6.92 Å². The van der Waals surface area contributed by atoms with E-state index in [0.29, 0.717) is 5.15 Å². The van der Waals surface area contributed by atoms with Crippen molar-refractivity contribution in [2.45, 2.75) is 32.7 Å². The Balaban J connectivity index is 2.20. The van der Waals surface area contributed by atoms with Crippen LogP contribution in [0.25, 0.3) is 0 Å². The van der Waals surface area contributed by atoms with Crippen molar-refractivity contribution in [3.63, 3.8) is 0 Å². The maximum atomic E-state index is 6.28. The second-order valence-corrected chi connectivity index (χ2v) is 4.92. The van der Waals surface area contributed by atoms with Crippen LogP contribution in [0.5, 0.6) is 0 Å². The third-order valence-corrected chi connectivity index (χ3v) is 3.56. The molecule has 0 aliphatic heterocycles. The fourth-order valence-electron chi connectivity index (χ4n) is 2.08. The van der Waals surface area contributed by atoms with E-state index in [0.717, 1.165) is 36.5 Å². The summed E-state index contributed by atoms with van der Waals surface area (Å²) in [6.07, 6.45) is 3.33. The van der Waals surface area contributed by atoms with Gasteiger partial charge in [0.15, 0.2) is 0 Å². The number of rotatable bonds is 6. The van der Waals surface area contributed by atoms with Gasteiger partial charge < -0.3 is 5.32 Å². The molecule has 0 radical (unpaired) electrons. The zero-order valence-corrected chi connectivity index (χ0v) is 12.2. The first-order valence-electron chi connectivity index (χ1n) is 6.40. The van der Waals surface area contributed by atoms with Crippen LogP contribution in [0.1, 0.15) is 36.5 Å². The van der Waals surface area contributed by atoms with Gasteiger partial charge in [-0.05, 0) is 26.3 Å². The smallest absolute Gasteiger partial charge is 0.141 e. The Morgan fingerprint density at radius 3 is 2.84 bits per heavy atom. The first kappa shape index (κ1) is 14.0. The minimum atomic E-state index is 0.0721. The Morgan fingerprint density at radius 1 is 1.53 bits per heavy atom. The normalized spacial score (nSPS) is 12.8. The molecule has 2 heterocycles. The maximum absolute atomic E-state index is 6.28. The molecule has 2 rings (SSSR count). The summed E-state index contributed by atoms with van der Waals surface area (Å²) in [6, 6.07) is 0.0721. The Labute approximate surface area is 117 Å². The lowest BCUT2D eigenvalue weighted by atomic mass is 10.1. The van der Waals surface area contributed by atoms with E-state index < -0.39 is 0 Å². The minimum absolute atomic E-state index is 0.0721. The van der Waals surface area contributed by atoms with Gasteiger partial charge in [-0.1, -0.05) is 18.5 Å². The van der Waals surface area contributed by atoms with Crippen molar-refractivity contribution in [1.82, 2.24) is 30.3 Å². The molecule has 2 aromatic heterocycles. The molecule has 7 heteroatoms. The molecule has 2 aromatic rings. The van der Waals surface area contributed by atoms with Crippen molar-refractivity contribution in [1.29, 1.82) is 0 Å². The van der Waals surface area contributed by atoms with Gasteiger partial charge >= 0.3 is 0 Å². The topological polar surface area (TPSA) is 71.4 Å². The summed E-state index contributed by atoms with van der Waals surface area (Å²) < 4.78 is 1.70. The lowest BCUT2D eigenvalue weighted by Gasteiger charge is -2.15. The molecule has 0 spiro atoms. The van der Waals surface area contributed by atoms with Gasteiger partial charge in [0.1, 0.15) is 17.3 Å². The molecular formula is C12H19ClN6. The highest BCUT2D eigenvalue weighted by Crippen LogP contribution is 2.24. The SMILES string of the molecule is CCCNC(Cc1c(C)nn(C)c1Cl)c1ncn[nH]1. The van der Waals surface area contributed by atoms with E-state index in [4.69, 9.17) is 11.6 Å². The van der Waals surface area contributed by atoms with E-state index >= 15 is 0 Å². The number of aromatic nitrogens is 5. The van der Waals surface area contributed by atoms with Crippen LogP contribution >= 0.6 is 11.6 Å². The van der Waals surface area contributed by atoms with E-state index in [-0.39, 0.29) is 6.04 Å². The molecule has 104 valence electrons. The lowest BCUT2D eigenvalue weighted by Crippen LogP contribution is -2.25. The van der Waals surface area contributed by atoms with Gasteiger partial charge in [-0.25, -0.2) is 4.98 Å². The number of nitrogens with zero attached hydrogens (tertiary/aromatic N) is 4. The molecule has 1 atom stereocenters. The van der Waals surface area contributed by atoms with Gasteiger partial charge in [-0.3, -0.25) is 9.78 Å². The number of aromatic amines is 1. The largest absolute Gasteiger partial charge is 0.307 e. The third kappa shape index (κ3) is 3.13. The third-order valence-electron chi connectivity index (χ3n) is 3.08. The molecule has 1 unspecified atom stereocenters. The molecule has 0 aromatic carbocycles. The standard InChI is InChI=1S/C12H19ClN6/c1-4-5-14-10(12-15-7-16-17-12)6-9-8(2)18-19(3)11(9)13/h7,10,14H,4-6H2,1-3H3,(H,15,16,17). The van der Waals surface area contributed by atoms with Gasteiger partial charge in [0.2, 0.25) is 0 Å². The molecule has 0 bridgehead atoms. The highest BCUT2D eigenvalue weighted by molar-refractivity contribution is 6.30. The maximum Gasteiger partial charge on any atom is 0.141 e. The highest BCUT2D eigenvalue weighted by atomic mass is 35.5. The summed E-state index contributed by atoms with van der Waals surface area (Å²) in [4.78, 5) is 4.23. The molecule has 19 heavy (non-hydrogen) atoms. The number of aryl methyl sites for hydroxylation is 2. The fraction of sp³-hybridized carbons (Fsp3) is 0.583. The van der Waals surface area contributed by atoms with E-state index in [9.17, 15) is 0 Å². The van der Waals surface area contributed by atoms with Gasteiger partial charge in [0.25, 0.3) is 0 Å². The number of H-pyrrole nitrogens is 1. The monoisotopic (exact) mass is 282 g/mol. The minimum Gasteiger partial charge on any atom is -0.307 e. The lowest BCUT2D eigenvalue weighted by molar-refractivity contribution is 0.505. The van der Waals surface area contributed by atoms with Gasteiger partial charge in [-0.15, -0.1) is 0 Å². The number of nitrogens with one attached hydrogen (secondary N) is 2. The Kier molecular flexibility index (Phi) is 4.55. The fourth-order valence-corrected chi connectivity index (χ4v) is 2.33. The Hall–Kier alpha value is -1.40. The first-order chi connectivity index (χ1) is 9.13. The van der Waals surface area contributed by atoms with Crippen LogP contribution in [0.3, 0.4) is 0 Å². The van der Waals surface area contributed by atoms with E-state index in [1.807, 2.05) is 14.0 Å². The van der Waals surface area contributed by atoms with Crippen molar-refractivity contribution in [2.75, 3.05) is 6.54 Å². The summed E-state index contributed by atoms with van der Waals surface area (Å²) in [5, 5.41) is 15.3. The van der Waals surface area contributed by atoms with Crippen LogP contribution in [0.2, 0.25) is 5.15 Å². The van der Waals surface area contributed by atoms with E-state index in [1.165, 1.54) is 6.33 Å². The van der Waals surface area contributed by atoms with Crippen LogP contribution < -0.4 is 5.32 Å². The Bertz CT molecular complexity index is 519. The van der Waals surface area contributed by atoms with Crippen molar-refractivity contribution in [3.05, 3.63) is 28.6 Å². The summed E-state index contributed by atoms with van der Waals surface area (Å²) in [7, 11) is 1.85. The molecule has 0 fully saturated rings. The number of hydrogen-bond acceptors (Lipinski definition) is 4. The average molecular weight is 283 g/mol. The predicted molar refractivity (Wildman–Crippen MR) is 74.1 cm³/mol. The van der Waals surface area contributed by atoms with Crippen molar-refractivity contribution >= 4 is 11.6 Å². The first-order valence-corrected chi connectivity index (χ1v) is 6.77. The van der Waals surface area contributed by atoms with E-state index in [1.54, 1.807) is 4.68 Å². The van der Waals surface area contributed by atoms with E-state index in [2.05, 4.69) is 32.5 Å². The second kappa shape index (κ2) is 6.16. The van der Waals surface area contributed by atoms with Crippen molar-refractivity contribution in [2.24, 2.45) is 7.05 Å². The van der Waals surface area contributed by atoms with Crippen LogP contribution in [-0.4, -0.2) is 31.5 Å². The molecule has 0 aliphatic rings. The molecule has 0 aliphatic carbocycles. The van der Waals surface area contributed by atoms with Crippen molar-refractivity contribution in [3.8, 4) is 0 Å². The summed E-state index contributed by atoms with van der Waals surface area (Å²) in [6.45, 7) is 5.02. The summed E-state index contributed by atoms with van der Waals surface area (Å²) in [5.41, 5.74) is 2.00. The molecule has 0 amide bonds. The van der Waals surface area contributed by atoms with Gasteiger partial charge in [0, 0.05) is 12.6 Å². The molecule has 0 saturated carbocycles. The quantitative estimate of drug-likeness (QED) is 0.847. The summed E-state index contributed by atoms with van der Waals surface area (Å²) in [5.74, 6) is 0.827. The van der Waals surface area contributed by atoms with Gasteiger partial charge in [-0.2, -0.15) is 10.2 Å².